The molecule has 0 aromatic heterocycles. The molecule has 0 aliphatic heterocycles. The van der Waals surface area contributed by atoms with Gasteiger partial charge in [0.1, 0.15) is 5.75 Å². The zero-order chi connectivity index (χ0) is 21.6. The van der Waals surface area contributed by atoms with Crippen molar-refractivity contribution >= 4 is 23.6 Å². The molecule has 0 aliphatic rings. The number of rotatable bonds is 14. The monoisotopic (exact) mass is 424 g/mol. The van der Waals surface area contributed by atoms with Crippen molar-refractivity contribution in [2.75, 3.05) is 12.4 Å². The van der Waals surface area contributed by atoms with Crippen molar-refractivity contribution in [3.8, 4) is 5.75 Å². The molecule has 0 fully saturated rings. The lowest BCUT2D eigenvalue weighted by molar-refractivity contribution is 0.104. The van der Waals surface area contributed by atoms with Crippen LogP contribution in [0.2, 0.25) is 0 Å². The lowest BCUT2D eigenvalue weighted by Crippen LogP contribution is -1.97. The molecule has 0 aliphatic carbocycles. The van der Waals surface area contributed by atoms with Gasteiger partial charge in [-0.2, -0.15) is 0 Å². The van der Waals surface area contributed by atoms with Crippen LogP contribution in [0.25, 0.3) is 6.08 Å². The van der Waals surface area contributed by atoms with Gasteiger partial charge in [-0.05, 0) is 60.4 Å². The summed E-state index contributed by atoms with van der Waals surface area (Å²) in [6.45, 7) is 7.43. The summed E-state index contributed by atoms with van der Waals surface area (Å²) in [5.41, 5.74) is 1.72. The molecule has 0 spiro atoms. The Balaban J connectivity index is 1.75. The number of benzene rings is 2. The highest BCUT2D eigenvalue weighted by molar-refractivity contribution is 7.99. The lowest BCUT2D eigenvalue weighted by Gasteiger charge is -2.06. The standard InChI is InChI=1S/C27H36O2S/c1-4-5-6-7-8-9-20-29-25-15-10-23(11-16-25)12-19-27(28)24-13-17-26(18-14-24)30-21-22(2)3/h10-19,22H,4-9,20-21H2,1-3H3/b19-12+. The molecule has 162 valence electrons. The molecular weight excluding hydrogens is 388 g/mol. The van der Waals surface area contributed by atoms with Crippen molar-refractivity contribution in [1.29, 1.82) is 0 Å². The Labute approximate surface area is 187 Å². The van der Waals surface area contributed by atoms with Gasteiger partial charge in [-0.25, -0.2) is 0 Å². The van der Waals surface area contributed by atoms with E-state index in [2.05, 4.69) is 20.8 Å². The van der Waals surface area contributed by atoms with Crippen molar-refractivity contribution in [1.82, 2.24) is 0 Å². The Morgan fingerprint density at radius 2 is 1.60 bits per heavy atom. The number of hydrogen-bond donors (Lipinski definition) is 0. The predicted octanol–water partition coefficient (Wildman–Crippen LogP) is 8.07. The Bertz CT molecular complexity index is 760. The van der Waals surface area contributed by atoms with E-state index in [9.17, 15) is 4.79 Å². The number of carbonyl (C=O) groups is 1. The van der Waals surface area contributed by atoms with E-state index in [4.69, 9.17) is 4.74 Å². The Morgan fingerprint density at radius 1 is 0.933 bits per heavy atom. The summed E-state index contributed by atoms with van der Waals surface area (Å²) in [5, 5.41) is 0. The molecule has 0 unspecified atom stereocenters. The van der Waals surface area contributed by atoms with Crippen LogP contribution in [0.3, 0.4) is 0 Å². The average Bonchev–Trinajstić information content (AvgIpc) is 2.76. The topological polar surface area (TPSA) is 26.3 Å². The van der Waals surface area contributed by atoms with Gasteiger partial charge in [0.25, 0.3) is 0 Å². The molecule has 2 aromatic rings. The summed E-state index contributed by atoms with van der Waals surface area (Å²) in [4.78, 5) is 13.6. The fourth-order valence-electron chi connectivity index (χ4n) is 2.99. The molecule has 0 radical (unpaired) electrons. The van der Waals surface area contributed by atoms with Gasteiger partial charge in [-0.15, -0.1) is 11.8 Å². The van der Waals surface area contributed by atoms with Crippen LogP contribution >= 0.6 is 11.8 Å². The molecule has 0 amide bonds. The predicted molar refractivity (Wildman–Crippen MR) is 131 cm³/mol. The molecule has 0 bridgehead atoms. The van der Waals surface area contributed by atoms with Crippen molar-refractivity contribution < 1.29 is 9.53 Å². The first-order valence-corrected chi connectivity index (χ1v) is 12.2. The van der Waals surface area contributed by atoms with Gasteiger partial charge in [-0.3, -0.25) is 4.79 Å². The van der Waals surface area contributed by atoms with Gasteiger partial charge in [0.15, 0.2) is 5.78 Å². The van der Waals surface area contributed by atoms with E-state index >= 15 is 0 Å². The maximum absolute atomic E-state index is 12.4. The van der Waals surface area contributed by atoms with E-state index in [1.165, 1.54) is 37.0 Å². The van der Waals surface area contributed by atoms with Gasteiger partial charge in [0.05, 0.1) is 6.61 Å². The molecule has 0 N–H and O–H groups in total. The van der Waals surface area contributed by atoms with E-state index in [1.54, 1.807) is 6.08 Å². The normalized spacial score (nSPS) is 11.3. The van der Waals surface area contributed by atoms with Crippen LogP contribution in [0.5, 0.6) is 5.75 Å². The van der Waals surface area contributed by atoms with Crippen LogP contribution in [0, 0.1) is 5.92 Å². The molecule has 0 saturated heterocycles. The molecule has 0 atom stereocenters. The molecular formula is C27H36O2S. The largest absolute Gasteiger partial charge is 0.494 e. The maximum Gasteiger partial charge on any atom is 0.185 e. The van der Waals surface area contributed by atoms with Crippen LogP contribution in [-0.4, -0.2) is 18.1 Å². The quantitative estimate of drug-likeness (QED) is 0.133. The van der Waals surface area contributed by atoms with Gasteiger partial charge in [0.2, 0.25) is 0 Å². The number of allylic oxidation sites excluding steroid dienone is 1. The van der Waals surface area contributed by atoms with Crippen LogP contribution in [-0.2, 0) is 0 Å². The van der Waals surface area contributed by atoms with Crippen LogP contribution < -0.4 is 4.74 Å². The number of ketones is 1. The summed E-state index contributed by atoms with van der Waals surface area (Å²) >= 11 is 1.83. The second-order valence-corrected chi connectivity index (χ2v) is 9.21. The highest BCUT2D eigenvalue weighted by atomic mass is 32.2. The number of unbranched alkanes of at least 4 members (excludes halogenated alkanes) is 5. The van der Waals surface area contributed by atoms with Crippen molar-refractivity contribution in [3.63, 3.8) is 0 Å². The summed E-state index contributed by atoms with van der Waals surface area (Å²) < 4.78 is 5.82. The molecule has 0 heterocycles. The Kier molecular flexibility index (Phi) is 11.4. The average molecular weight is 425 g/mol. The van der Waals surface area contributed by atoms with Crippen molar-refractivity contribution in [3.05, 3.63) is 65.7 Å². The van der Waals surface area contributed by atoms with Crippen LogP contribution in [0.1, 0.15) is 75.2 Å². The molecule has 0 saturated carbocycles. The highest BCUT2D eigenvalue weighted by Gasteiger charge is 2.03. The summed E-state index contributed by atoms with van der Waals surface area (Å²) in [6.07, 6.45) is 11.1. The van der Waals surface area contributed by atoms with E-state index < -0.39 is 0 Å². The first-order valence-electron chi connectivity index (χ1n) is 11.3. The summed E-state index contributed by atoms with van der Waals surface area (Å²) in [6, 6.07) is 15.8. The second kappa shape index (κ2) is 14.1. The molecule has 2 nitrogen and oxygen atoms in total. The summed E-state index contributed by atoms with van der Waals surface area (Å²) in [5.74, 6) is 2.66. The van der Waals surface area contributed by atoms with Gasteiger partial charge >= 0.3 is 0 Å². The maximum atomic E-state index is 12.4. The fraction of sp³-hybridized carbons (Fsp3) is 0.444. The third-order valence-electron chi connectivity index (χ3n) is 4.80. The van der Waals surface area contributed by atoms with Crippen molar-refractivity contribution in [2.45, 2.75) is 64.2 Å². The van der Waals surface area contributed by atoms with E-state index in [-0.39, 0.29) is 5.78 Å². The van der Waals surface area contributed by atoms with E-state index in [1.807, 2.05) is 66.4 Å². The third kappa shape index (κ3) is 9.67. The highest BCUT2D eigenvalue weighted by Crippen LogP contribution is 2.21. The molecule has 2 aromatic carbocycles. The number of carbonyl (C=O) groups excluding carboxylic acids is 1. The molecule has 3 heteroatoms. The number of thioether (sulfide) groups is 1. The van der Waals surface area contributed by atoms with Gasteiger partial charge < -0.3 is 4.74 Å². The minimum Gasteiger partial charge on any atom is -0.494 e. The lowest BCUT2D eigenvalue weighted by atomic mass is 10.1. The molecule has 2 rings (SSSR count). The first kappa shape index (κ1) is 24.3. The van der Waals surface area contributed by atoms with Crippen LogP contribution in [0.4, 0.5) is 0 Å². The second-order valence-electron chi connectivity index (χ2n) is 8.11. The number of ether oxygens (including phenoxy) is 1. The Morgan fingerprint density at radius 3 is 2.27 bits per heavy atom. The SMILES string of the molecule is CCCCCCCCOc1ccc(/C=C/C(=O)c2ccc(SCC(C)C)cc2)cc1. The zero-order valence-corrected chi connectivity index (χ0v) is 19.5. The van der Waals surface area contributed by atoms with Gasteiger partial charge in [-0.1, -0.05) is 71.1 Å². The zero-order valence-electron chi connectivity index (χ0n) is 18.7. The fourth-order valence-corrected chi connectivity index (χ4v) is 3.85. The minimum absolute atomic E-state index is 0.0267. The number of hydrogen-bond acceptors (Lipinski definition) is 3. The van der Waals surface area contributed by atoms with E-state index in [0.717, 1.165) is 35.7 Å². The van der Waals surface area contributed by atoms with Crippen molar-refractivity contribution in [2.24, 2.45) is 5.92 Å². The Hall–Kier alpha value is -2.00. The smallest absolute Gasteiger partial charge is 0.185 e. The third-order valence-corrected chi connectivity index (χ3v) is 6.23. The molecule has 30 heavy (non-hydrogen) atoms. The van der Waals surface area contributed by atoms with E-state index in [0.29, 0.717) is 5.92 Å². The summed E-state index contributed by atoms with van der Waals surface area (Å²) in [7, 11) is 0. The van der Waals surface area contributed by atoms with Gasteiger partial charge in [0, 0.05) is 16.2 Å². The minimum atomic E-state index is 0.0267. The van der Waals surface area contributed by atoms with Crippen LogP contribution in [0.15, 0.2) is 59.5 Å². The first-order chi connectivity index (χ1) is 14.6.